The van der Waals surface area contributed by atoms with Crippen LogP contribution in [0.15, 0.2) is 10.2 Å². The van der Waals surface area contributed by atoms with Crippen molar-refractivity contribution in [1.82, 2.24) is 0 Å². The Bertz CT molecular complexity index is 1460. The van der Waals surface area contributed by atoms with E-state index >= 15 is 0 Å². The fourth-order valence-electron chi connectivity index (χ4n) is 12.3. The lowest BCUT2D eigenvalue weighted by Gasteiger charge is -2.34. The lowest BCUT2D eigenvalue weighted by atomic mass is 9.79. The van der Waals surface area contributed by atoms with Crippen molar-refractivity contribution < 1.29 is 42.7 Å². The number of nitriles is 1. The summed E-state index contributed by atoms with van der Waals surface area (Å²) >= 11 is 0. The van der Waals surface area contributed by atoms with Crippen LogP contribution in [0.1, 0.15) is 264 Å². The molecular formula is C61H107N3O9. The van der Waals surface area contributed by atoms with Crippen molar-refractivity contribution >= 4 is 11.9 Å². The predicted molar refractivity (Wildman–Crippen MR) is 289 cm³/mol. The van der Waals surface area contributed by atoms with Gasteiger partial charge in [0.1, 0.15) is 0 Å². The summed E-state index contributed by atoms with van der Waals surface area (Å²) in [6, 6.07) is 3.02. The molecule has 0 aromatic carbocycles. The van der Waals surface area contributed by atoms with Crippen molar-refractivity contribution in [3.05, 3.63) is 0 Å². The van der Waals surface area contributed by atoms with Crippen molar-refractivity contribution in [2.24, 2.45) is 28.0 Å². The van der Waals surface area contributed by atoms with Crippen LogP contribution in [0.4, 0.5) is 0 Å². The molecule has 0 radical (unpaired) electrons. The summed E-state index contributed by atoms with van der Waals surface area (Å²) in [7, 11) is 1.42. The summed E-state index contributed by atoms with van der Waals surface area (Å²) in [6.45, 7) is 5.96. The van der Waals surface area contributed by atoms with Gasteiger partial charge in [-0.3, -0.25) is 9.59 Å². The van der Waals surface area contributed by atoms with Gasteiger partial charge < -0.3 is 33.2 Å². The van der Waals surface area contributed by atoms with Gasteiger partial charge in [0.05, 0.1) is 80.3 Å². The zero-order valence-corrected chi connectivity index (χ0v) is 46.7. The average Bonchev–Trinajstić information content (AvgIpc) is 3.42. The van der Waals surface area contributed by atoms with Crippen LogP contribution in [0.2, 0.25) is 0 Å². The number of rotatable bonds is 38. The van der Waals surface area contributed by atoms with Crippen molar-refractivity contribution in [3.8, 4) is 6.07 Å². The molecule has 0 aromatic heterocycles. The van der Waals surface area contributed by atoms with Crippen molar-refractivity contribution in [3.63, 3.8) is 0 Å². The number of carbonyl (C=O) groups is 2. The lowest BCUT2D eigenvalue weighted by molar-refractivity contribution is -0.158. The van der Waals surface area contributed by atoms with Gasteiger partial charge in [-0.05, 0) is 154 Å². The van der Waals surface area contributed by atoms with E-state index in [1.54, 1.807) is 0 Å². The zero-order chi connectivity index (χ0) is 51.4. The third-order valence-corrected chi connectivity index (χ3v) is 17.1. The van der Waals surface area contributed by atoms with Crippen LogP contribution in [-0.2, 0) is 42.7 Å². The van der Waals surface area contributed by atoms with Crippen molar-refractivity contribution in [2.75, 3.05) is 40.1 Å². The first kappa shape index (κ1) is 61.7. The monoisotopic (exact) mass is 1030 g/mol. The van der Waals surface area contributed by atoms with Crippen LogP contribution in [0.5, 0.6) is 0 Å². The van der Waals surface area contributed by atoms with Crippen LogP contribution in [0, 0.1) is 29.1 Å². The molecule has 0 spiro atoms. The highest BCUT2D eigenvalue weighted by Crippen LogP contribution is 2.34. The van der Waals surface area contributed by atoms with Gasteiger partial charge >= 0.3 is 11.9 Å². The molecule has 5 rings (SSSR count). The van der Waals surface area contributed by atoms with E-state index in [1.807, 2.05) is 0 Å². The quantitative estimate of drug-likeness (QED) is 0.0332. The highest BCUT2D eigenvalue weighted by Gasteiger charge is 2.38. The first-order chi connectivity index (χ1) is 35.9. The zero-order valence-electron chi connectivity index (χ0n) is 46.7. The largest absolute Gasteiger partial charge is 0.469 e. The molecule has 5 aliphatic rings. The molecule has 0 heterocycles. The molecule has 12 nitrogen and oxygen atoms in total. The summed E-state index contributed by atoms with van der Waals surface area (Å²) in [6.07, 6.45) is 46.4. The van der Waals surface area contributed by atoms with E-state index in [1.165, 1.54) is 90.6 Å². The number of azo groups is 1. The number of esters is 2. The first-order valence-corrected chi connectivity index (χ1v) is 31.1. The molecule has 5 aliphatic carbocycles. The van der Waals surface area contributed by atoms with Gasteiger partial charge in [-0.2, -0.15) is 15.5 Å². The molecule has 0 N–H and O–H groups in total. The highest BCUT2D eigenvalue weighted by molar-refractivity contribution is 5.76. The molecule has 0 aromatic rings. The molecule has 73 heavy (non-hydrogen) atoms. The van der Waals surface area contributed by atoms with E-state index in [9.17, 15) is 9.59 Å². The van der Waals surface area contributed by atoms with Gasteiger partial charge in [-0.15, -0.1) is 0 Å². The molecule has 0 amide bonds. The van der Waals surface area contributed by atoms with E-state index in [0.29, 0.717) is 75.1 Å². The minimum absolute atomic E-state index is 0.140. The molecule has 3 atom stereocenters. The standard InChI is InChI=1S/C61H107N3O9/c1-3-4-5-6-7-8-11-14-19-40-69-55-32-36-57(37-33-55)73-58-38-34-56(35-39-58)70-41-20-15-12-9-10-13-16-23-44-72-61(66)51-45-50(60(65)67-2)46-59(47-51)71-43-22-18-17-21-42-68-54-30-28-53(29-31-54)64-63-52-26-24-49(48-62)25-27-52/h49-59H,3-47H2,1-2H3. The normalized spacial score (nSPS) is 29.0. The van der Waals surface area contributed by atoms with Crippen LogP contribution in [-0.4, -0.2) is 101 Å². The molecule has 0 aliphatic heterocycles. The van der Waals surface area contributed by atoms with Gasteiger partial charge in [-0.1, -0.05) is 110 Å². The number of unbranched alkanes of at least 4 members (excludes halogenated alkanes) is 18. The van der Waals surface area contributed by atoms with Crippen LogP contribution in [0.3, 0.4) is 0 Å². The summed E-state index contributed by atoms with van der Waals surface area (Å²) in [4.78, 5) is 25.7. The number of hydrogen-bond donors (Lipinski definition) is 0. The van der Waals surface area contributed by atoms with Gasteiger partial charge in [0.15, 0.2) is 0 Å². The van der Waals surface area contributed by atoms with Crippen LogP contribution >= 0.6 is 0 Å². The molecule has 5 saturated carbocycles. The van der Waals surface area contributed by atoms with Crippen molar-refractivity contribution in [2.45, 2.75) is 312 Å². The Morgan fingerprint density at radius 3 is 1.16 bits per heavy atom. The maximum Gasteiger partial charge on any atom is 0.309 e. The second-order valence-electron chi connectivity index (χ2n) is 23.2. The molecular weight excluding hydrogens is 919 g/mol. The topological polar surface area (TPSA) is 147 Å². The van der Waals surface area contributed by atoms with Gasteiger partial charge in [0.25, 0.3) is 0 Å². The smallest absolute Gasteiger partial charge is 0.309 e. The fraction of sp³-hybridized carbons (Fsp3) is 0.951. The number of carbonyl (C=O) groups excluding carboxylic acids is 2. The average molecular weight is 1030 g/mol. The van der Waals surface area contributed by atoms with Crippen molar-refractivity contribution in [1.29, 1.82) is 5.26 Å². The number of ether oxygens (including phenoxy) is 7. The Morgan fingerprint density at radius 2 is 0.753 bits per heavy atom. The number of nitrogens with zero attached hydrogens (tertiary/aromatic N) is 3. The van der Waals surface area contributed by atoms with Gasteiger partial charge in [0.2, 0.25) is 0 Å². The summed E-state index contributed by atoms with van der Waals surface area (Å²) in [5.41, 5.74) is 0. The summed E-state index contributed by atoms with van der Waals surface area (Å²) in [5, 5.41) is 18.4. The molecule has 3 unspecified atom stereocenters. The summed E-state index contributed by atoms with van der Waals surface area (Å²) < 4.78 is 42.5. The second-order valence-corrected chi connectivity index (χ2v) is 23.2. The van der Waals surface area contributed by atoms with Gasteiger partial charge in [0, 0.05) is 32.3 Å². The van der Waals surface area contributed by atoms with E-state index in [4.69, 9.17) is 38.4 Å². The minimum atomic E-state index is -0.335. The van der Waals surface area contributed by atoms with E-state index in [0.717, 1.165) is 174 Å². The molecule has 0 bridgehead atoms. The fourth-order valence-corrected chi connectivity index (χ4v) is 12.3. The number of hydrogen-bond acceptors (Lipinski definition) is 12. The maximum atomic E-state index is 13.2. The SMILES string of the molecule is CCCCCCCCCCCOC1CCC(OC2CCC(OCCCCCCCCCCOC(=O)C3CC(OCCCCCCOC4CCC(N=NC5CCC(C#N)CC5)CC4)CC(C(=O)OC)C3)CC2)CC1. The van der Waals surface area contributed by atoms with E-state index in [2.05, 4.69) is 23.2 Å². The number of methoxy groups -OCH3 is 1. The molecule has 12 heteroatoms. The highest BCUT2D eigenvalue weighted by atomic mass is 16.5. The Labute approximate surface area is 445 Å². The third kappa shape index (κ3) is 27.1. The molecule has 0 saturated heterocycles. The Kier molecular flexibility index (Phi) is 33.1. The van der Waals surface area contributed by atoms with Crippen LogP contribution < -0.4 is 0 Å². The third-order valence-electron chi connectivity index (χ3n) is 17.1. The predicted octanol–water partition coefficient (Wildman–Crippen LogP) is 15.3. The van der Waals surface area contributed by atoms with Gasteiger partial charge in [-0.25, -0.2) is 0 Å². The Balaban J connectivity index is 0.774. The van der Waals surface area contributed by atoms with E-state index in [-0.39, 0.29) is 35.8 Å². The minimum Gasteiger partial charge on any atom is -0.469 e. The maximum absolute atomic E-state index is 13.2. The van der Waals surface area contributed by atoms with Crippen LogP contribution in [0.25, 0.3) is 0 Å². The lowest BCUT2D eigenvalue weighted by Crippen LogP contribution is -2.37. The first-order valence-electron chi connectivity index (χ1n) is 31.1. The Morgan fingerprint density at radius 1 is 0.411 bits per heavy atom. The summed E-state index contributed by atoms with van der Waals surface area (Å²) in [5.74, 6) is -0.916. The molecule has 420 valence electrons. The Hall–Kier alpha value is -2.17. The van der Waals surface area contributed by atoms with E-state index < -0.39 is 0 Å². The molecule has 5 fully saturated rings. The second kappa shape index (κ2) is 39.2.